The first kappa shape index (κ1) is 21.0. The topological polar surface area (TPSA) is 111 Å². The summed E-state index contributed by atoms with van der Waals surface area (Å²) < 4.78 is 33.8. The first-order valence-corrected chi connectivity index (χ1v) is 10.7. The minimum absolute atomic E-state index is 0.00545. The van der Waals surface area contributed by atoms with E-state index in [4.69, 9.17) is 9.47 Å². The van der Waals surface area contributed by atoms with Gasteiger partial charge in [0.1, 0.15) is 0 Å². The Morgan fingerprint density at radius 2 is 1.96 bits per heavy atom. The van der Waals surface area contributed by atoms with Crippen LogP contribution >= 0.6 is 0 Å². The first-order chi connectivity index (χ1) is 12.7. The summed E-state index contributed by atoms with van der Waals surface area (Å²) in [6.07, 6.45) is 1.16. The summed E-state index contributed by atoms with van der Waals surface area (Å²) in [4.78, 5) is 24.2. The average molecular weight is 398 g/mol. The highest BCUT2D eigenvalue weighted by Gasteiger charge is 2.33. The van der Waals surface area contributed by atoms with E-state index in [-0.39, 0.29) is 23.5 Å². The van der Waals surface area contributed by atoms with E-state index in [1.165, 1.54) is 13.2 Å². The maximum absolute atomic E-state index is 12.2. The van der Waals surface area contributed by atoms with Crippen LogP contribution in [0.2, 0.25) is 0 Å². The van der Waals surface area contributed by atoms with Gasteiger partial charge in [-0.15, -0.1) is 0 Å². The van der Waals surface area contributed by atoms with Crippen molar-refractivity contribution >= 4 is 21.7 Å². The highest BCUT2D eigenvalue weighted by atomic mass is 32.2. The molecule has 1 aliphatic rings. The van der Waals surface area contributed by atoms with E-state index in [0.717, 1.165) is 6.42 Å². The fourth-order valence-corrected chi connectivity index (χ4v) is 4.37. The third-order valence-corrected chi connectivity index (χ3v) is 6.05. The number of ether oxygens (including phenoxy) is 2. The Morgan fingerprint density at radius 1 is 1.22 bits per heavy atom. The smallest absolute Gasteiger partial charge is 0.269 e. The van der Waals surface area contributed by atoms with Gasteiger partial charge in [0.2, 0.25) is 5.91 Å². The molecular formula is C18H26N2O6S. The van der Waals surface area contributed by atoms with Crippen LogP contribution in [0.1, 0.15) is 37.0 Å². The minimum atomic E-state index is -3.16. The zero-order valence-electron chi connectivity index (χ0n) is 15.8. The summed E-state index contributed by atoms with van der Waals surface area (Å²) in [5, 5.41) is 0. The number of hydrogen-bond acceptors (Lipinski definition) is 6. The van der Waals surface area contributed by atoms with Crippen LogP contribution in [0.3, 0.4) is 0 Å². The van der Waals surface area contributed by atoms with Gasteiger partial charge in [-0.3, -0.25) is 20.4 Å². The van der Waals surface area contributed by atoms with E-state index < -0.39 is 27.6 Å². The van der Waals surface area contributed by atoms with Crippen molar-refractivity contribution in [3.05, 3.63) is 23.8 Å². The fourth-order valence-electron chi connectivity index (χ4n) is 2.63. The molecule has 1 heterocycles. The van der Waals surface area contributed by atoms with Gasteiger partial charge in [0.15, 0.2) is 21.3 Å². The molecule has 1 aliphatic heterocycles. The van der Waals surface area contributed by atoms with Crippen LogP contribution in [0, 0.1) is 11.8 Å². The summed E-state index contributed by atoms with van der Waals surface area (Å²) in [6.45, 7) is 4.74. The van der Waals surface area contributed by atoms with Crippen molar-refractivity contribution in [2.75, 3.05) is 25.2 Å². The highest BCUT2D eigenvalue weighted by Crippen LogP contribution is 2.28. The molecule has 1 fully saturated rings. The Balaban J connectivity index is 1.93. The third kappa shape index (κ3) is 6.13. The van der Waals surface area contributed by atoms with E-state index in [9.17, 15) is 18.0 Å². The molecule has 1 saturated heterocycles. The maximum Gasteiger partial charge on any atom is 0.269 e. The number of amides is 2. The van der Waals surface area contributed by atoms with Crippen LogP contribution in [0.4, 0.5) is 0 Å². The van der Waals surface area contributed by atoms with Gasteiger partial charge in [0.05, 0.1) is 31.1 Å². The summed E-state index contributed by atoms with van der Waals surface area (Å²) >= 11 is 0. The molecule has 0 bridgehead atoms. The first-order valence-electron chi connectivity index (χ1n) is 8.83. The van der Waals surface area contributed by atoms with Crippen LogP contribution in [-0.2, 0) is 14.6 Å². The van der Waals surface area contributed by atoms with Crippen molar-refractivity contribution in [1.82, 2.24) is 10.9 Å². The lowest BCUT2D eigenvalue weighted by Crippen LogP contribution is -2.44. The van der Waals surface area contributed by atoms with Crippen molar-refractivity contribution < 1.29 is 27.5 Å². The molecule has 0 saturated carbocycles. The largest absolute Gasteiger partial charge is 0.493 e. The van der Waals surface area contributed by atoms with Gasteiger partial charge in [-0.05, 0) is 37.0 Å². The van der Waals surface area contributed by atoms with Gasteiger partial charge < -0.3 is 9.47 Å². The SMILES string of the molecule is COc1cc(C(=O)NNC(=O)C2CCS(=O)(=O)C2)ccc1OCCC(C)C. The summed E-state index contributed by atoms with van der Waals surface area (Å²) in [7, 11) is -1.68. The van der Waals surface area contributed by atoms with Crippen molar-refractivity contribution in [3.63, 3.8) is 0 Å². The van der Waals surface area contributed by atoms with Crippen LogP contribution in [-0.4, -0.2) is 45.5 Å². The lowest BCUT2D eigenvalue weighted by molar-refractivity contribution is -0.125. The minimum Gasteiger partial charge on any atom is -0.493 e. The second kappa shape index (κ2) is 9.07. The van der Waals surface area contributed by atoms with E-state index in [0.29, 0.717) is 24.0 Å². The van der Waals surface area contributed by atoms with Crippen LogP contribution in [0.15, 0.2) is 18.2 Å². The predicted octanol–water partition coefficient (Wildman–Crippen LogP) is 1.32. The monoisotopic (exact) mass is 398 g/mol. The number of nitrogens with one attached hydrogen (secondary N) is 2. The zero-order valence-corrected chi connectivity index (χ0v) is 16.6. The van der Waals surface area contributed by atoms with Gasteiger partial charge in [-0.2, -0.15) is 0 Å². The number of sulfone groups is 1. The van der Waals surface area contributed by atoms with E-state index in [1.54, 1.807) is 12.1 Å². The number of rotatable bonds is 7. The molecule has 2 N–H and O–H groups in total. The number of carbonyl (C=O) groups is 2. The van der Waals surface area contributed by atoms with Gasteiger partial charge in [0, 0.05) is 5.56 Å². The Kier molecular flexibility index (Phi) is 7.06. The molecule has 27 heavy (non-hydrogen) atoms. The molecule has 150 valence electrons. The number of hydrazine groups is 1. The molecule has 0 aliphatic carbocycles. The molecular weight excluding hydrogens is 372 g/mol. The molecule has 1 unspecified atom stereocenters. The standard InChI is InChI=1S/C18H26N2O6S/c1-12(2)6-8-26-15-5-4-13(10-16(15)25-3)17(21)19-20-18(22)14-7-9-27(23,24)11-14/h4-5,10,12,14H,6-9,11H2,1-3H3,(H,19,21)(H,20,22). The fraction of sp³-hybridized carbons (Fsp3) is 0.556. The molecule has 1 aromatic rings. The second-order valence-corrected chi connectivity index (χ2v) is 9.17. The van der Waals surface area contributed by atoms with Crippen molar-refractivity contribution in [2.45, 2.75) is 26.7 Å². The normalized spacial score (nSPS) is 18.1. The summed E-state index contributed by atoms with van der Waals surface area (Å²) in [5.74, 6) is -0.406. The number of benzene rings is 1. The van der Waals surface area contributed by atoms with Crippen LogP contribution in [0.25, 0.3) is 0 Å². The zero-order chi connectivity index (χ0) is 20.0. The quantitative estimate of drug-likeness (QED) is 0.670. The molecule has 1 atom stereocenters. The van der Waals surface area contributed by atoms with E-state index in [1.807, 2.05) is 0 Å². The maximum atomic E-state index is 12.2. The summed E-state index contributed by atoms with van der Waals surface area (Å²) in [5.41, 5.74) is 4.87. The van der Waals surface area contributed by atoms with E-state index in [2.05, 4.69) is 24.7 Å². The van der Waals surface area contributed by atoms with Crippen molar-refractivity contribution in [3.8, 4) is 11.5 Å². The predicted molar refractivity (Wildman–Crippen MR) is 100 cm³/mol. The lowest BCUT2D eigenvalue weighted by Gasteiger charge is -2.14. The highest BCUT2D eigenvalue weighted by molar-refractivity contribution is 7.91. The van der Waals surface area contributed by atoms with Crippen molar-refractivity contribution in [2.24, 2.45) is 11.8 Å². The Labute approximate surface area is 159 Å². The number of methoxy groups -OCH3 is 1. The molecule has 2 rings (SSSR count). The lowest BCUT2D eigenvalue weighted by atomic mass is 10.1. The van der Waals surface area contributed by atoms with Gasteiger partial charge in [0.25, 0.3) is 5.91 Å². The third-order valence-electron chi connectivity index (χ3n) is 4.28. The Bertz CT molecular complexity index is 791. The molecule has 2 amide bonds. The molecule has 8 nitrogen and oxygen atoms in total. The van der Waals surface area contributed by atoms with Crippen LogP contribution < -0.4 is 20.3 Å². The molecule has 9 heteroatoms. The van der Waals surface area contributed by atoms with E-state index >= 15 is 0 Å². The number of hydrogen-bond donors (Lipinski definition) is 2. The molecule has 0 spiro atoms. The Hall–Kier alpha value is -2.29. The second-order valence-electron chi connectivity index (χ2n) is 6.94. The van der Waals surface area contributed by atoms with Gasteiger partial charge in [-0.1, -0.05) is 13.8 Å². The molecule has 0 aromatic heterocycles. The summed E-state index contributed by atoms with van der Waals surface area (Å²) in [6, 6.07) is 4.72. The van der Waals surface area contributed by atoms with Gasteiger partial charge >= 0.3 is 0 Å². The van der Waals surface area contributed by atoms with Gasteiger partial charge in [-0.25, -0.2) is 8.42 Å². The average Bonchev–Trinajstić information content (AvgIpc) is 2.99. The molecule has 1 aromatic carbocycles. The van der Waals surface area contributed by atoms with Crippen molar-refractivity contribution in [1.29, 1.82) is 0 Å². The van der Waals surface area contributed by atoms with Crippen LogP contribution in [0.5, 0.6) is 11.5 Å². The Morgan fingerprint density at radius 3 is 2.56 bits per heavy atom. The molecule has 0 radical (unpaired) electrons. The number of carbonyl (C=O) groups excluding carboxylic acids is 2.